The number of aliphatic hydroxyl groups is 2. The molecule has 0 aliphatic carbocycles. The van der Waals surface area contributed by atoms with Crippen LogP contribution in [0.25, 0.3) is 20.9 Å². The molecule has 0 unspecified atom stereocenters. The third kappa shape index (κ3) is 27.5. The molecule has 5 N–H and O–H groups in total. The van der Waals surface area contributed by atoms with E-state index in [1.54, 1.807) is 6.92 Å². The van der Waals surface area contributed by atoms with Crippen LogP contribution >= 0.6 is 0 Å². The number of nitrogens with zero attached hydrogens (tertiary/aromatic N) is 6. The van der Waals surface area contributed by atoms with Gasteiger partial charge in [0.2, 0.25) is 0 Å². The third-order valence-corrected chi connectivity index (χ3v) is 5.19. The van der Waals surface area contributed by atoms with Gasteiger partial charge in [0.1, 0.15) is 5.78 Å². The van der Waals surface area contributed by atoms with Crippen LogP contribution in [0.5, 0.6) is 0 Å². The number of nitrogens with two attached hydrogens (primary N) is 1. The Morgan fingerprint density at radius 3 is 1.62 bits per heavy atom. The number of rotatable bonds is 16. The summed E-state index contributed by atoms with van der Waals surface area (Å²) >= 11 is 0. The zero-order valence-electron chi connectivity index (χ0n) is 24.9. The number of azide groups is 2. The van der Waals surface area contributed by atoms with Gasteiger partial charge >= 0.3 is 5.97 Å². The summed E-state index contributed by atoms with van der Waals surface area (Å²) in [4.78, 5) is 26.8. The van der Waals surface area contributed by atoms with Gasteiger partial charge in [-0.15, -0.1) is 0 Å². The number of ketones is 1. The van der Waals surface area contributed by atoms with Crippen LogP contribution in [-0.2, 0) is 28.9 Å². The van der Waals surface area contributed by atoms with Gasteiger partial charge in [0.25, 0.3) is 0 Å². The Morgan fingerprint density at radius 1 is 0.810 bits per heavy atom. The molecule has 2 aromatic carbocycles. The van der Waals surface area contributed by atoms with Crippen LogP contribution in [0.3, 0.4) is 0 Å². The van der Waals surface area contributed by atoms with Gasteiger partial charge in [0, 0.05) is 62.4 Å². The molecule has 0 amide bonds. The Bertz CT molecular complexity index is 1050. The van der Waals surface area contributed by atoms with Crippen molar-refractivity contribution < 1.29 is 26.3 Å². The maximum atomic E-state index is 11.7. The standard InChI is InChI=1S/C14H19N3O2.C8H11NO.C5H9N3O2.C2H6.CH4/c15-17-16-9-2-1-3-14(19)11-13-6-4-12(5-7-13)8-10-18;9-8-3-1-7(2-4-8)5-6-10;6-8-7-4-2-1-3-5(9)10;1-2;/h4-7,18H,1-3,8-11H2;1-4,10H,5-6,9H2;1-4H2,(H,9,10);1-2H3;1H4/i;;;1D;. The second kappa shape index (κ2) is 31.4. The van der Waals surface area contributed by atoms with Crippen molar-refractivity contribution in [2.24, 2.45) is 10.2 Å². The summed E-state index contributed by atoms with van der Waals surface area (Å²) in [5.74, 6) is -0.600. The Balaban J connectivity index is -0.000000567. The molecule has 0 spiro atoms. The Hall–Kier alpha value is -4.08. The first-order valence-corrected chi connectivity index (χ1v) is 13.5. The Kier molecular flexibility index (Phi) is 30.0. The van der Waals surface area contributed by atoms with Crippen LogP contribution in [0.15, 0.2) is 58.8 Å². The van der Waals surface area contributed by atoms with Crippen molar-refractivity contribution in [2.75, 3.05) is 32.0 Å². The van der Waals surface area contributed by atoms with Gasteiger partial charge in [-0.05, 0) is 78.4 Å². The van der Waals surface area contributed by atoms with E-state index in [-0.39, 0.29) is 32.8 Å². The summed E-state index contributed by atoms with van der Waals surface area (Å²) in [5, 5.41) is 32.2. The molecule has 0 heterocycles. The number of carbonyl (C=O) groups excluding carboxylic acids is 1. The molecule has 0 aliphatic rings. The number of carbonyl (C=O) groups is 2. The van der Waals surface area contributed by atoms with Crippen molar-refractivity contribution in [3.8, 4) is 0 Å². The third-order valence-electron chi connectivity index (χ3n) is 5.19. The summed E-state index contributed by atoms with van der Waals surface area (Å²) in [6, 6.07) is 15.3. The van der Waals surface area contributed by atoms with E-state index in [1.807, 2.05) is 48.5 Å². The van der Waals surface area contributed by atoms with Gasteiger partial charge in [-0.25, -0.2) is 0 Å². The number of unbranched alkanes of at least 4 members (excludes halogenated alkanes) is 2. The van der Waals surface area contributed by atoms with E-state index in [0.717, 1.165) is 35.2 Å². The van der Waals surface area contributed by atoms with Gasteiger partial charge in [-0.3, -0.25) is 9.59 Å². The molecule has 0 bridgehead atoms. The minimum Gasteiger partial charge on any atom is -0.481 e. The molecular weight excluding hydrogens is 538 g/mol. The number of Topliss-reactive ketones (excluding diaryl/α,β-unsaturated/α-hetero) is 1. The number of carboxylic acid groups (broad SMARTS) is 1. The molecule has 0 saturated carbocycles. The van der Waals surface area contributed by atoms with Crippen LogP contribution in [0.2, 0.25) is 0 Å². The predicted molar refractivity (Wildman–Crippen MR) is 169 cm³/mol. The Morgan fingerprint density at radius 2 is 1.21 bits per heavy atom. The average molecular weight is 589 g/mol. The van der Waals surface area contributed by atoms with Crippen molar-refractivity contribution >= 4 is 17.4 Å². The fraction of sp³-hybridized carbons (Fsp3) is 0.533. The highest BCUT2D eigenvalue weighted by Crippen LogP contribution is 2.09. The maximum absolute atomic E-state index is 11.7. The van der Waals surface area contributed by atoms with E-state index < -0.39 is 5.97 Å². The SMILES string of the molecule is C.Nc1ccc(CCO)cc1.[2H]CC.[N-]=[N+]=NCCCCC(=O)Cc1ccc(CCO)cc1.[N-]=[N+]=NCCCCC(=O)O. The lowest BCUT2D eigenvalue weighted by atomic mass is 10.0. The van der Waals surface area contributed by atoms with E-state index in [2.05, 4.69) is 20.1 Å². The highest BCUT2D eigenvalue weighted by molar-refractivity contribution is 5.80. The summed E-state index contributed by atoms with van der Waals surface area (Å²) < 4.78 is 6.21. The predicted octanol–water partition coefficient (Wildman–Crippen LogP) is 6.83. The van der Waals surface area contributed by atoms with E-state index in [9.17, 15) is 9.59 Å². The molecule has 0 radical (unpaired) electrons. The van der Waals surface area contributed by atoms with Gasteiger partial charge < -0.3 is 21.1 Å². The van der Waals surface area contributed by atoms with Crippen LogP contribution in [0, 0.1) is 0 Å². The number of nitrogen functional groups attached to an aromatic ring is 1. The van der Waals surface area contributed by atoms with E-state index in [1.165, 1.54) is 0 Å². The van der Waals surface area contributed by atoms with Crippen LogP contribution in [-0.4, -0.2) is 53.4 Å². The highest BCUT2D eigenvalue weighted by atomic mass is 16.4. The molecule has 0 atom stereocenters. The second-order valence-electron chi connectivity index (χ2n) is 8.44. The maximum Gasteiger partial charge on any atom is 0.303 e. The number of benzene rings is 2. The smallest absolute Gasteiger partial charge is 0.303 e. The number of hydrogen-bond donors (Lipinski definition) is 4. The lowest BCUT2D eigenvalue weighted by molar-refractivity contribution is -0.137. The first-order valence-electron chi connectivity index (χ1n) is 14.2. The van der Waals surface area contributed by atoms with Crippen molar-refractivity contribution in [3.05, 3.63) is 86.1 Å². The number of anilines is 1. The molecule has 0 saturated heterocycles. The molecule has 12 heteroatoms. The highest BCUT2D eigenvalue weighted by Gasteiger charge is 2.04. The minimum absolute atomic E-state index is 0. The van der Waals surface area contributed by atoms with Gasteiger partial charge in [0.15, 0.2) is 0 Å². The molecule has 0 aromatic heterocycles. The zero-order valence-corrected chi connectivity index (χ0v) is 23.9. The molecule has 0 fully saturated rings. The normalized spacial score (nSPS) is 9.26. The quantitative estimate of drug-likeness (QED) is 0.0540. The van der Waals surface area contributed by atoms with Gasteiger partial charge in [0.05, 0.1) is 0 Å². The number of hydrogen-bond acceptors (Lipinski definition) is 7. The monoisotopic (exact) mass is 588 g/mol. The summed E-state index contributed by atoms with van der Waals surface area (Å²) in [7, 11) is 0. The fourth-order valence-electron chi connectivity index (χ4n) is 3.14. The number of aliphatic hydroxyl groups excluding tert-OH is 2. The van der Waals surface area contributed by atoms with Crippen LogP contribution < -0.4 is 5.73 Å². The van der Waals surface area contributed by atoms with E-state index >= 15 is 0 Å². The minimum atomic E-state index is -0.805. The van der Waals surface area contributed by atoms with Crippen molar-refractivity contribution in [2.45, 2.75) is 79.0 Å². The fourth-order valence-corrected chi connectivity index (χ4v) is 3.14. The average Bonchev–Trinajstić information content (AvgIpc) is 2.96. The Labute approximate surface area is 251 Å². The van der Waals surface area contributed by atoms with Gasteiger partial charge in [-0.2, -0.15) is 0 Å². The molecule has 2 rings (SSSR count). The molecule has 0 aliphatic heterocycles. The molecule has 42 heavy (non-hydrogen) atoms. The summed E-state index contributed by atoms with van der Waals surface area (Å²) in [6.45, 7) is 3.48. The first kappa shape index (κ1) is 40.1. The van der Waals surface area contributed by atoms with Crippen LogP contribution in [0.4, 0.5) is 5.69 Å². The zero-order chi connectivity index (χ0) is 31.8. The molecule has 12 nitrogen and oxygen atoms in total. The molecular formula is C30H49N7O5. The number of aliphatic carboxylic acids is 1. The van der Waals surface area contributed by atoms with E-state index in [4.69, 9.17) is 33.5 Å². The molecule has 234 valence electrons. The second-order valence-corrected chi connectivity index (χ2v) is 8.44. The van der Waals surface area contributed by atoms with E-state index in [0.29, 0.717) is 58.5 Å². The lowest BCUT2D eigenvalue weighted by Crippen LogP contribution is -2.03. The van der Waals surface area contributed by atoms with Gasteiger partial charge in [-0.1, -0.05) is 67.9 Å². The van der Waals surface area contributed by atoms with Crippen molar-refractivity contribution in [1.29, 1.82) is 0 Å². The summed E-state index contributed by atoms with van der Waals surface area (Å²) in [6.07, 6.45) is 5.23. The number of carboxylic acids is 1. The van der Waals surface area contributed by atoms with Crippen molar-refractivity contribution in [1.82, 2.24) is 0 Å². The molecule has 2 aromatic rings. The lowest BCUT2D eigenvalue weighted by Gasteiger charge is -2.03. The summed E-state index contributed by atoms with van der Waals surface area (Å²) in [5.41, 5.74) is 25.3. The largest absolute Gasteiger partial charge is 0.481 e. The van der Waals surface area contributed by atoms with Crippen molar-refractivity contribution in [3.63, 3.8) is 0 Å². The topological polar surface area (TPSA) is 218 Å². The van der Waals surface area contributed by atoms with Crippen LogP contribution in [0.1, 0.15) is 77.8 Å². The first-order chi connectivity index (χ1) is 20.3.